The van der Waals surface area contributed by atoms with Gasteiger partial charge in [0.2, 0.25) is 5.82 Å². The molecular weight excluding hydrogens is 454 g/mol. The molecule has 0 amide bonds. The summed E-state index contributed by atoms with van der Waals surface area (Å²) in [6.07, 6.45) is 0. The predicted molar refractivity (Wildman–Crippen MR) is 121 cm³/mol. The molecule has 0 bridgehead atoms. The highest BCUT2D eigenvalue weighted by Crippen LogP contribution is 2.37. The van der Waals surface area contributed by atoms with Crippen LogP contribution in [-0.4, -0.2) is 32.8 Å². The van der Waals surface area contributed by atoms with Crippen LogP contribution in [0.5, 0.6) is 11.5 Å². The van der Waals surface area contributed by atoms with Crippen molar-refractivity contribution in [2.75, 3.05) is 18.9 Å². The van der Waals surface area contributed by atoms with Crippen LogP contribution in [0.3, 0.4) is 0 Å². The standard InChI is InChI=1S/C22H18ClN3O5S/c1-29-19-5-3-4-18(20(19)30-2)22-24-21(25-31-22)14-6-10-16(11-7-14)26-32(27,28)17-12-8-15(23)9-13-17/h3-13,26H,1-2H3. The zero-order valence-electron chi connectivity index (χ0n) is 17.1. The summed E-state index contributed by atoms with van der Waals surface area (Å²) in [6, 6.07) is 17.9. The number of hydrogen-bond acceptors (Lipinski definition) is 7. The van der Waals surface area contributed by atoms with Gasteiger partial charge in [-0.15, -0.1) is 0 Å². The van der Waals surface area contributed by atoms with E-state index in [0.29, 0.717) is 39.2 Å². The highest BCUT2D eigenvalue weighted by Gasteiger charge is 2.18. The summed E-state index contributed by atoms with van der Waals surface area (Å²) in [7, 11) is -0.663. The van der Waals surface area contributed by atoms with Gasteiger partial charge >= 0.3 is 0 Å². The van der Waals surface area contributed by atoms with Crippen LogP contribution in [0.25, 0.3) is 22.8 Å². The topological polar surface area (TPSA) is 104 Å². The van der Waals surface area contributed by atoms with Crippen molar-refractivity contribution in [1.29, 1.82) is 0 Å². The minimum Gasteiger partial charge on any atom is -0.493 e. The molecule has 32 heavy (non-hydrogen) atoms. The monoisotopic (exact) mass is 471 g/mol. The van der Waals surface area contributed by atoms with Gasteiger partial charge in [-0.25, -0.2) is 8.42 Å². The van der Waals surface area contributed by atoms with Gasteiger partial charge in [-0.05, 0) is 60.7 Å². The lowest BCUT2D eigenvalue weighted by Crippen LogP contribution is -2.12. The van der Waals surface area contributed by atoms with Crippen LogP contribution in [0, 0.1) is 0 Å². The average Bonchev–Trinajstić information content (AvgIpc) is 3.29. The van der Waals surface area contributed by atoms with Gasteiger partial charge < -0.3 is 14.0 Å². The third-order valence-corrected chi connectivity index (χ3v) is 6.23. The molecule has 1 aromatic heterocycles. The van der Waals surface area contributed by atoms with Gasteiger partial charge in [-0.1, -0.05) is 22.8 Å². The van der Waals surface area contributed by atoms with Crippen molar-refractivity contribution >= 4 is 27.3 Å². The number of para-hydroxylation sites is 1. The summed E-state index contributed by atoms with van der Waals surface area (Å²) in [4.78, 5) is 4.54. The number of ether oxygens (including phenoxy) is 2. The van der Waals surface area contributed by atoms with E-state index in [2.05, 4.69) is 14.9 Å². The fourth-order valence-corrected chi connectivity index (χ4v) is 4.21. The lowest BCUT2D eigenvalue weighted by atomic mass is 10.1. The second-order valence-electron chi connectivity index (χ2n) is 6.60. The van der Waals surface area contributed by atoms with Crippen LogP contribution >= 0.6 is 11.6 Å². The number of rotatable bonds is 7. The summed E-state index contributed by atoms with van der Waals surface area (Å²) < 4.78 is 43.7. The molecule has 0 fully saturated rings. The molecule has 0 saturated carbocycles. The van der Waals surface area contributed by atoms with E-state index >= 15 is 0 Å². The van der Waals surface area contributed by atoms with E-state index in [9.17, 15) is 8.42 Å². The summed E-state index contributed by atoms with van der Waals surface area (Å²) in [5.41, 5.74) is 1.64. The van der Waals surface area contributed by atoms with Gasteiger partial charge in [-0.3, -0.25) is 4.72 Å². The molecular formula is C22H18ClN3O5S. The number of methoxy groups -OCH3 is 2. The highest BCUT2D eigenvalue weighted by atomic mass is 35.5. The summed E-state index contributed by atoms with van der Waals surface area (Å²) in [5, 5.41) is 4.48. The average molecular weight is 472 g/mol. The lowest BCUT2D eigenvalue weighted by Gasteiger charge is -2.09. The van der Waals surface area contributed by atoms with E-state index in [4.69, 9.17) is 25.6 Å². The number of nitrogens with one attached hydrogen (secondary N) is 1. The number of hydrogen-bond donors (Lipinski definition) is 1. The molecule has 3 aromatic carbocycles. The molecule has 164 valence electrons. The van der Waals surface area contributed by atoms with E-state index in [-0.39, 0.29) is 10.8 Å². The first-order valence-electron chi connectivity index (χ1n) is 9.35. The smallest absolute Gasteiger partial charge is 0.262 e. The van der Waals surface area contributed by atoms with Crippen molar-refractivity contribution in [3.8, 4) is 34.3 Å². The first kappa shape index (κ1) is 21.7. The highest BCUT2D eigenvalue weighted by molar-refractivity contribution is 7.92. The van der Waals surface area contributed by atoms with Crippen molar-refractivity contribution in [3.63, 3.8) is 0 Å². The third-order valence-electron chi connectivity index (χ3n) is 4.58. The fourth-order valence-electron chi connectivity index (χ4n) is 3.02. The van der Waals surface area contributed by atoms with Crippen molar-refractivity contribution in [2.45, 2.75) is 4.90 Å². The second kappa shape index (κ2) is 8.89. The number of benzene rings is 3. The molecule has 0 aliphatic rings. The lowest BCUT2D eigenvalue weighted by molar-refractivity contribution is 0.353. The molecule has 0 atom stereocenters. The van der Waals surface area contributed by atoms with Crippen molar-refractivity contribution in [2.24, 2.45) is 0 Å². The first-order chi connectivity index (χ1) is 15.4. The van der Waals surface area contributed by atoms with Crippen LogP contribution < -0.4 is 14.2 Å². The molecule has 8 nitrogen and oxygen atoms in total. The molecule has 0 aliphatic carbocycles. The van der Waals surface area contributed by atoms with Gasteiger partial charge in [0.15, 0.2) is 11.5 Å². The molecule has 4 aromatic rings. The minimum absolute atomic E-state index is 0.112. The molecule has 0 aliphatic heterocycles. The van der Waals surface area contributed by atoms with Crippen molar-refractivity contribution in [3.05, 3.63) is 71.8 Å². The zero-order valence-corrected chi connectivity index (χ0v) is 18.6. The zero-order chi connectivity index (χ0) is 22.7. The summed E-state index contributed by atoms with van der Waals surface area (Å²) in [5.74, 6) is 1.64. The Kier molecular flexibility index (Phi) is 6.02. The van der Waals surface area contributed by atoms with Gasteiger partial charge in [0.1, 0.15) is 0 Å². The van der Waals surface area contributed by atoms with E-state index in [1.165, 1.54) is 31.4 Å². The van der Waals surface area contributed by atoms with Gasteiger partial charge in [0, 0.05) is 16.3 Å². The number of aromatic nitrogens is 2. The Labute approximate surface area is 189 Å². The maximum atomic E-state index is 12.5. The largest absolute Gasteiger partial charge is 0.493 e. The maximum absolute atomic E-state index is 12.5. The molecule has 0 saturated heterocycles. The second-order valence-corrected chi connectivity index (χ2v) is 8.72. The third kappa shape index (κ3) is 4.39. The SMILES string of the molecule is COc1cccc(-c2nc(-c3ccc(NS(=O)(=O)c4ccc(Cl)cc4)cc3)no2)c1OC. The number of halogens is 1. The Hall–Kier alpha value is -3.56. The normalized spacial score (nSPS) is 11.2. The Morgan fingerprint density at radius 2 is 1.66 bits per heavy atom. The van der Waals surface area contributed by atoms with Crippen LogP contribution in [0.2, 0.25) is 5.02 Å². The van der Waals surface area contributed by atoms with Crippen LogP contribution in [-0.2, 0) is 10.0 Å². The summed E-state index contributed by atoms with van der Waals surface area (Å²) >= 11 is 5.82. The summed E-state index contributed by atoms with van der Waals surface area (Å²) in [6.45, 7) is 0. The van der Waals surface area contributed by atoms with E-state index in [1.807, 2.05) is 0 Å². The Balaban J connectivity index is 1.56. The van der Waals surface area contributed by atoms with Crippen LogP contribution in [0.4, 0.5) is 5.69 Å². The quantitative estimate of drug-likeness (QED) is 0.409. The van der Waals surface area contributed by atoms with Gasteiger partial charge in [0.05, 0.1) is 24.7 Å². The van der Waals surface area contributed by atoms with Crippen LogP contribution in [0.1, 0.15) is 0 Å². The van der Waals surface area contributed by atoms with Crippen LogP contribution in [0.15, 0.2) is 76.1 Å². The first-order valence-corrected chi connectivity index (χ1v) is 11.2. The van der Waals surface area contributed by atoms with E-state index < -0.39 is 10.0 Å². The van der Waals surface area contributed by atoms with E-state index in [0.717, 1.165) is 0 Å². The molecule has 0 unspecified atom stereocenters. The Morgan fingerprint density at radius 1 is 0.938 bits per heavy atom. The Morgan fingerprint density at radius 3 is 2.31 bits per heavy atom. The van der Waals surface area contributed by atoms with Crippen molar-refractivity contribution in [1.82, 2.24) is 10.1 Å². The van der Waals surface area contributed by atoms with E-state index in [1.54, 1.807) is 49.6 Å². The predicted octanol–water partition coefficient (Wildman–Crippen LogP) is 4.88. The Bertz CT molecular complexity index is 1340. The minimum atomic E-state index is -3.74. The fraction of sp³-hybridized carbons (Fsp3) is 0.0909. The molecule has 1 heterocycles. The molecule has 10 heteroatoms. The molecule has 0 radical (unpaired) electrons. The molecule has 1 N–H and O–H groups in total. The maximum Gasteiger partial charge on any atom is 0.262 e. The number of sulfonamides is 1. The van der Waals surface area contributed by atoms with Gasteiger partial charge in [-0.2, -0.15) is 4.98 Å². The van der Waals surface area contributed by atoms with Gasteiger partial charge in [0.25, 0.3) is 15.9 Å². The molecule has 4 rings (SSSR count). The molecule has 0 spiro atoms. The number of nitrogens with zero attached hydrogens (tertiary/aromatic N) is 2. The number of anilines is 1. The van der Waals surface area contributed by atoms with Crippen molar-refractivity contribution < 1.29 is 22.4 Å².